The predicted octanol–water partition coefficient (Wildman–Crippen LogP) is 11.8. The van der Waals surface area contributed by atoms with E-state index >= 15 is 0 Å². The van der Waals surface area contributed by atoms with E-state index in [0.717, 1.165) is 22.6 Å². The van der Waals surface area contributed by atoms with E-state index in [1.165, 1.54) is 27.8 Å². The molecule has 0 bridgehead atoms. The highest BCUT2D eigenvalue weighted by Crippen LogP contribution is 2.56. The van der Waals surface area contributed by atoms with Gasteiger partial charge in [0.25, 0.3) is 0 Å². The SMILES string of the molecule is Cc1ccc(Oc2ccc(C3(c4ccc(Oc5ccc(C(=O)c6ccc(Cl)cc6)cc5)cc4)c4ccccc4-c4ccccc43)cc2)cc1. The monoisotopic (exact) mass is 654 g/mol. The minimum Gasteiger partial charge on any atom is -0.457 e. The molecule has 1 aliphatic rings. The Morgan fingerprint density at radius 3 is 1.29 bits per heavy atom. The Bertz CT molecular complexity index is 2230. The van der Waals surface area contributed by atoms with Crippen molar-refractivity contribution in [2.45, 2.75) is 12.3 Å². The summed E-state index contributed by atoms with van der Waals surface area (Å²) in [5, 5.41) is 0.597. The number of rotatable bonds is 8. The van der Waals surface area contributed by atoms with Crippen molar-refractivity contribution in [2.24, 2.45) is 0 Å². The fraction of sp³-hybridized carbons (Fsp3) is 0.0444. The van der Waals surface area contributed by atoms with Gasteiger partial charge in [-0.2, -0.15) is 0 Å². The van der Waals surface area contributed by atoms with E-state index in [4.69, 9.17) is 21.1 Å². The standard InChI is InChI=1S/C45H31ClO3/c1-30-10-22-36(23-11-30)48-38-26-16-33(17-27-38)45(42-8-4-2-6-40(42)41-7-3-5-9-43(41)45)34-18-28-39(29-19-34)49-37-24-14-32(15-25-37)44(47)31-12-20-35(46)21-13-31/h2-29H,1H3. The summed E-state index contributed by atoms with van der Waals surface area (Å²) in [5.41, 5.74) is 9.03. The number of aryl methyl sites for hydroxylation is 1. The maximum atomic E-state index is 12.9. The number of hydrogen-bond donors (Lipinski definition) is 0. The summed E-state index contributed by atoms with van der Waals surface area (Å²) in [6.07, 6.45) is 0. The number of benzene rings is 7. The number of carbonyl (C=O) groups is 1. The summed E-state index contributed by atoms with van der Waals surface area (Å²) in [6.45, 7) is 2.07. The summed E-state index contributed by atoms with van der Waals surface area (Å²) in [4.78, 5) is 12.9. The molecular weight excluding hydrogens is 624 g/mol. The molecule has 0 saturated carbocycles. The van der Waals surface area contributed by atoms with Crippen LogP contribution in [0, 0.1) is 6.92 Å². The van der Waals surface area contributed by atoms with Crippen LogP contribution >= 0.6 is 11.6 Å². The molecule has 0 aliphatic heterocycles. The Balaban J connectivity index is 1.13. The molecule has 7 aromatic rings. The number of hydrogen-bond acceptors (Lipinski definition) is 3. The molecule has 0 fully saturated rings. The maximum Gasteiger partial charge on any atom is 0.193 e. The minimum absolute atomic E-state index is 0.0651. The third kappa shape index (κ3) is 5.58. The third-order valence-electron chi connectivity index (χ3n) is 9.24. The largest absolute Gasteiger partial charge is 0.457 e. The zero-order chi connectivity index (χ0) is 33.4. The number of halogens is 1. The normalized spacial score (nSPS) is 12.5. The van der Waals surface area contributed by atoms with Gasteiger partial charge in [-0.05, 0) is 125 Å². The van der Waals surface area contributed by atoms with Crippen LogP contribution in [0.15, 0.2) is 170 Å². The van der Waals surface area contributed by atoms with Gasteiger partial charge in [0, 0.05) is 16.1 Å². The Morgan fingerprint density at radius 2 is 0.837 bits per heavy atom. The van der Waals surface area contributed by atoms with Crippen LogP contribution in [0.3, 0.4) is 0 Å². The highest BCUT2D eigenvalue weighted by Gasteiger charge is 2.45. The first kappa shape index (κ1) is 30.4. The highest BCUT2D eigenvalue weighted by atomic mass is 35.5. The molecule has 0 saturated heterocycles. The first-order valence-corrected chi connectivity index (χ1v) is 16.6. The fourth-order valence-electron chi connectivity index (χ4n) is 6.89. The summed E-state index contributed by atoms with van der Waals surface area (Å²) in [5.74, 6) is 2.88. The molecule has 0 radical (unpaired) electrons. The van der Waals surface area contributed by atoms with Gasteiger partial charge in [-0.3, -0.25) is 4.79 Å². The smallest absolute Gasteiger partial charge is 0.193 e. The van der Waals surface area contributed by atoms with Crippen LogP contribution in [0.5, 0.6) is 23.0 Å². The molecule has 0 amide bonds. The zero-order valence-corrected chi connectivity index (χ0v) is 27.5. The second-order valence-electron chi connectivity index (χ2n) is 12.3. The molecule has 0 spiro atoms. The second kappa shape index (κ2) is 12.6. The van der Waals surface area contributed by atoms with Crippen molar-refractivity contribution in [3.05, 3.63) is 214 Å². The van der Waals surface area contributed by atoms with E-state index in [0.29, 0.717) is 27.6 Å². The van der Waals surface area contributed by atoms with Crippen LogP contribution in [0.25, 0.3) is 11.1 Å². The molecule has 0 unspecified atom stereocenters. The summed E-state index contributed by atoms with van der Waals surface area (Å²) in [7, 11) is 0. The number of fused-ring (bicyclic) bond motifs is 3. The number of ether oxygens (including phenoxy) is 2. The molecule has 1 aliphatic carbocycles. The molecule has 4 heteroatoms. The highest BCUT2D eigenvalue weighted by molar-refractivity contribution is 6.30. The quantitative estimate of drug-likeness (QED) is 0.153. The van der Waals surface area contributed by atoms with Gasteiger partial charge in [-0.25, -0.2) is 0 Å². The summed E-state index contributed by atoms with van der Waals surface area (Å²) >= 11 is 5.99. The first-order valence-electron chi connectivity index (χ1n) is 16.2. The second-order valence-corrected chi connectivity index (χ2v) is 12.7. The van der Waals surface area contributed by atoms with Crippen LogP contribution in [-0.4, -0.2) is 5.78 Å². The predicted molar refractivity (Wildman–Crippen MR) is 196 cm³/mol. The van der Waals surface area contributed by atoms with Crippen LogP contribution in [-0.2, 0) is 5.41 Å². The van der Waals surface area contributed by atoms with Crippen LogP contribution < -0.4 is 9.47 Å². The molecule has 8 rings (SSSR count). The average Bonchev–Trinajstić information content (AvgIpc) is 3.45. The van der Waals surface area contributed by atoms with Gasteiger partial charge in [0.05, 0.1) is 5.41 Å². The Morgan fingerprint density at radius 1 is 0.469 bits per heavy atom. The molecule has 236 valence electrons. The average molecular weight is 655 g/mol. The zero-order valence-electron chi connectivity index (χ0n) is 26.8. The lowest BCUT2D eigenvalue weighted by Crippen LogP contribution is -2.28. The van der Waals surface area contributed by atoms with Crippen molar-refractivity contribution >= 4 is 17.4 Å². The van der Waals surface area contributed by atoms with Gasteiger partial charge in [-0.15, -0.1) is 0 Å². The number of carbonyl (C=O) groups excluding carboxylic acids is 1. The van der Waals surface area contributed by atoms with E-state index in [2.05, 4.69) is 104 Å². The van der Waals surface area contributed by atoms with Gasteiger partial charge in [0.15, 0.2) is 5.78 Å². The van der Waals surface area contributed by atoms with Crippen molar-refractivity contribution in [3.63, 3.8) is 0 Å². The lowest BCUT2D eigenvalue weighted by molar-refractivity contribution is 0.103. The molecule has 7 aromatic carbocycles. The van der Waals surface area contributed by atoms with Crippen LogP contribution in [0.1, 0.15) is 43.7 Å². The van der Waals surface area contributed by atoms with Gasteiger partial charge in [0.1, 0.15) is 23.0 Å². The molecule has 0 heterocycles. The van der Waals surface area contributed by atoms with Crippen LogP contribution in [0.4, 0.5) is 0 Å². The van der Waals surface area contributed by atoms with E-state index in [9.17, 15) is 4.79 Å². The lowest BCUT2D eigenvalue weighted by atomic mass is 9.68. The Hall–Kier alpha value is -5.90. The molecule has 0 N–H and O–H groups in total. The fourth-order valence-corrected chi connectivity index (χ4v) is 7.02. The summed E-state index contributed by atoms with van der Waals surface area (Å²) in [6, 6.07) is 56.4. The summed E-state index contributed by atoms with van der Waals surface area (Å²) < 4.78 is 12.5. The van der Waals surface area contributed by atoms with Crippen molar-refractivity contribution in [3.8, 4) is 34.1 Å². The van der Waals surface area contributed by atoms with E-state index < -0.39 is 5.41 Å². The van der Waals surface area contributed by atoms with Gasteiger partial charge < -0.3 is 9.47 Å². The molecule has 0 aromatic heterocycles. The van der Waals surface area contributed by atoms with Crippen molar-refractivity contribution < 1.29 is 14.3 Å². The topological polar surface area (TPSA) is 35.5 Å². The van der Waals surface area contributed by atoms with E-state index in [-0.39, 0.29) is 5.78 Å². The number of ketones is 1. The molecule has 49 heavy (non-hydrogen) atoms. The van der Waals surface area contributed by atoms with Crippen LogP contribution in [0.2, 0.25) is 5.02 Å². The molecule has 0 atom stereocenters. The Kier molecular flexibility index (Phi) is 7.83. The van der Waals surface area contributed by atoms with Gasteiger partial charge >= 0.3 is 0 Å². The minimum atomic E-state index is -0.544. The Labute approximate surface area is 291 Å². The van der Waals surface area contributed by atoms with Crippen molar-refractivity contribution in [2.75, 3.05) is 0 Å². The van der Waals surface area contributed by atoms with Crippen molar-refractivity contribution in [1.29, 1.82) is 0 Å². The van der Waals surface area contributed by atoms with Crippen molar-refractivity contribution in [1.82, 2.24) is 0 Å². The first-order chi connectivity index (χ1) is 24.0. The third-order valence-corrected chi connectivity index (χ3v) is 9.49. The van der Waals surface area contributed by atoms with E-state index in [1.54, 1.807) is 36.4 Å². The lowest BCUT2D eigenvalue weighted by Gasteiger charge is -2.34. The van der Waals surface area contributed by atoms with E-state index in [1.807, 2.05) is 36.4 Å². The molecular formula is C45H31ClO3. The molecule has 3 nitrogen and oxygen atoms in total. The van der Waals surface area contributed by atoms with Gasteiger partial charge in [0.2, 0.25) is 0 Å². The maximum absolute atomic E-state index is 12.9. The van der Waals surface area contributed by atoms with Gasteiger partial charge in [-0.1, -0.05) is 102 Å².